The van der Waals surface area contributed by atoms with Crippen LogP contribution < -0.4 is 4.90 Å². The molecular weight excluding hydrogens is 459 g/mol. The van der Waals surface area contributed by atoms with Gasteiger partial charge in [-0.3, -0.25) is 9.59 Å². The number of amides is 2. The van der Waals surface area contributed by atoms with Crippen molar-refractivity contribution in [2.24, 2.45) is 0 Å². The van der Waals surface area contributed by atoms with Gasteiger partial charge in [0, 0.05) is 50.4 Å². The van der Waals surface area contributed by atoms with E-state index in [4.69, 9.17) is 0 Å². The Balaban J connectivity index is 1.44. The lowest BCUT2D eigenvalue weighted by Crippen LogP contribution is -2.50. The molecule has 176 valence electrons. The molecule has 2 heterocycles. The summed E-state index contributed by atoms with van der Waals surface area (Å²) in [7, 11) is -4.37. The summed E-state index contributed by atoms with van der Waals surface area (Å²) >= 11 is 0. The predicted molar refractivity (Wildman–Crippen MR) is 114 cm³/mol. The fourth-order valence-corrected chi connectivity index (χ4v) is 5.72. The monoisotopic (exact) mass is 481 g/mol. The molecule has 0 spiro atoms. The van der Waals surface area contributed by atoms with Gasteiger partial charge in [0.1, 0.15) is 0 Å². The molecule has 0 bridgehead atoms. The molecular formula is C22H22F3N3O4S. The third-order valence-corrected chi connectivity index (χ3v) is 7.79. The fraction of sp³-hybridized carbons (Fsp3) is 0.364. The second-order valence-corrected chi connectivity index (χ2v) is 9.79. The number of hydrogen-bond acceptors (Lipinski definition) is 4. The SMILES string of the molecule is O=C(c1ccc(N2CCCC2=O)cc1)N1CCN(S(=O)(=O)c2ccccc2C(F)(F)F)CC1. The van der Waals surface area contributed by atoms with Gasteiger partial charge in [-0.1, -0.05) is 12.1 Å². The number of nitrogens with zero attached hydrogens (tertiary/aromatic N) is 3. The Morgan fingerprint density at radius 1 is 0.879 bits per heavy atom. The Hall–Kier alpha value is -2.92. The van der Waals surface area contributed by atoms with Crippen molar-refractivity contribution >= 4 is 27.5 Å². The first-order valence-corrected chi connectivity index (χ1v) is 11.9. The molecule has 0 aromatic heterocycles. The van der Waals surface area contributed by atoms with Gasteiger partial charge in [-0.05, 0) is 42.8 Å². The highest BCUT2D eigenvalue weighted by molar-refractivity contribution is 7.89. The lowest BCUT2D eigenvalue weighted by molar-refractivity contribution is -0.140. The molecule has 2 fully saturated rings. The lowest BCUT2D eigenvalue weighted by Gasteiger charge is -2.34. The first-order valence-electron chi connectivity index (χ1n) is 10.4. The van der Waals surface area contributed by atoms with Crippen LogP contribution in [-0.2, 0) is 21.0 Å². The summed E-state index contributed by atoms with van der Waals surface area (Å²) in [5.41, 5.74) is -0.0995. The number of anilines is 1. The number of halogens is 3. The number of carbonyl (C=O) groups excluding carboxylic acids is 2. The fourth-order valence-electron chi connectivity index (χ4n) is 4.08. The van der Waals surface area contributed by atoms with Crippen LogP contribution in [0.5, 0.6) is 0 Å². The van der Waals surface area contributed by atoms with E-state index in [2.05, 4.69) is 0 Å². The summed E-state index contributed by atoms with van der Waals surface area (Å²) in [6.45, 7) is 0.526. The zero-order valence-electron chi connectivity index (χ0n) is 17.6. The molecule has 0 N–H and O–H groups in total. The van der Waals surface area contributed by atoms with Crippen molar-refractivity contribution in [1.82, 2.24) is 9.21 Å². The van der Waals surface area contributed by atoms with Crippen LogP contribution in [0.4, 0.5) is 18.9 Å². The van der Waals surface area contributed by atoms with Crippen molar-refractivity contribution in [1.29, 1.82) is 0 Å². The maximum absolute atomic E-state index is 13.3. The first-order chi connectivity index (χ1) is 15.6. The van der Waals surface area contributed by atoms with Gasteiger partial charge in [-0.2, -0.15) is 17.5 Å². The minimum absolute atomic E-state index is 0.0403. The maximum Gasteiger partial charge on any atom is 0.417 e. The Morgan fingerprint density at radius 2 is 1.52 bits per heavy atom. The highest BCUT2D eigenvalue weighted by Gasteiger charge is 2.39. The van der Waals surface area contributed by atoms with E-state index in [1.165, 1.54) is 11.0 Å². The largest absolute Gasteiger partial charge is 0.417 e. The molecule has 2 aliphatic heterocycles. The van der Waals surface area contributed by atoms with Gasteiger partial charge in [0.2, 0.25) is 15.9 Å². The van der Waals surface area contributed by atoms with Gasteiger partial charge in [0.05, 0.1) is 10.5 Å². The number of benzene rings is 2. The Labute approximate surface area is 189 Å². The predicted octanol–water partition coefficient (Wildman–Crippen LogP) is 2.98. The van der Waals surface area contributed by atoms with Crippen LogP contribution in [0.25, 0.3) is 0 Å². The highest BCUT2D eigenvalue weighted by Crippen LogP contribution is 2.35. The maximum atomic E-state index is 13.3. The summed E-state index contributed by atoms with van der Waals surface area (Å²) in [4.78, 5) is 27.0. The van der Waals surface area contributed by atoms with Gasteiger partial charge < -0.3 is 9.80 Å². The molecule has 7 nitrogen and oxygen atoms in total. The van der Waals surface area contributed by atoms with E-state index < -0.39 is 26.7 Å². The average Bonchev–Trinajstić information content (AvgIpc) is 3.24. The van der Waals surface area contributed by atoms with Gasteiger partial charge in [0.25, 0.3) is 5.91 Å². The third-order valence-electron chi connectivity index (χ3n) is 5.84. The second-order valence-electron chi connectivity index (χ2n) is 7.89. The van der Waals surface area contributed by atoms with Crippen molar-refractivity contribution < 1.29 is 31.2 Å². The normalized spacial score (nSPS) is 18.1. The molecule has 2 aromatic carbocycles. The Kier molecular flexibility index (Phi) is 6.19. The number of alkyl halides is 3. The van der Waals surface area contributed by atoms with Crippen molar-refractivity contribution in [2.45, 2.75) is 23.9 Å². The molecule has 0 atom stereocenters. The third kappa shape index (κ3) is 4.60. The molecule has 2 saturated heterocycles. The van der Waals surface area contributed by atoms with E-state index in [0.29, 0.717) is 24.2 Å². The lowest BCUT2D eigenvalue weighted by atomic mass is 10.1. The van der Waals surface area contributed by atoms with Crippen LogP contribution in [0.3, 0.4) is 0 Å². The van der Waals surface area contributed by atoms with Crippen LogP contribution in [0.2, 0.25) is 0 Å². The highest BCUT2D eigenvalue weighted by atomic mass is 32.2. The van der Waals surface area contributed by atoms with Crippen molar-refractivity contribution in [2.75, 3.05) is 37.6 Å². The molecule has 2 amide bonds. The van der Waals surface area contributed by atoms with E-state index in [1.807, 2.05) is 0 Å². The summed E-state index contributed by atoms with van der Waals surface area (Å²) in [6.07, 6.45) is -3.51. The summed E-state index contributed by atoms with van der Waals surface area (Å²) in [5.74, 6) is -0.263. The van der Waals surface area contributed by atoms with Crippen LogP contribution in [0.15, 0.2) is 53.4 Å². The zero-order chi connectivity index (χ0) is 23.8. The summed E-state index contributed by atoms with van der Waals surface area (Å²) in [5, 5.41) is 0. The average molecular weight is 481 g/mol. The topological polar surface area (TPSA) is 78.0 Å². The van der Waals surface area contributed by atoms with Crippen LogP contribution in [0, 0.1) is 0 Å². The van der Waals surface area contributed by atoms with Crippen LogP contribution in [0.1, 0.15) is 28.8 Å². The number of rotatable bonds is 4. The number of carbonyl (C=O) groups is 2. The van der Waals surface area contributed by atoms with E-state index in [-0.39, 0.29) is 38.0 Å². The first kappa shape index (κ1) is 23.2. The number of piperazine rings is 1. The molecule has 0 aliphatic carbocycles. The van der Waals surface area contributed by atoms with Crippen LogP contribution >= 0.6 is 0 Å². The zero-order valence-corrected chi connectivity index (χ0v) is 18.4. The molecule has 0 radical (unpaired) electrons. The molecule has 2 aliphatic rings. The molecule has 2 aromatic rings. The minimum Gasteiger partial charge on any atom is -0.336 e. The standard InChI is InChI=1S/C22H22F3N3O4S/c23-22(24,25)18-4-1-2-5-19(18)33(31,32)27-14-12-26(13-15-27)21(30)16-7-9-17(10-8-16)28-11-3-6-20(28)29/h1-2,4-5,7-10H,3,6,11-15H2. The van der Waals surface area contributed by atoms with E-state index in [1.54, 1.807) is 29.2 Å². The Bertz CT molecular complexity index is 1160. The second kappa shape index (κ2) is 8.79. The summed E-state index contributed by atoms with van der Waals surface area (Å²) < 4.78 is 66.6. The van der Waals surface area contributed by atoms with E-state index in [9.17, 15) is 31.2 Å². The Morgan fingerprint density at radius 3 is 2.09 bits per heavy atom. The molecule has 4 rings (SSSR count). The van der Waals surface area contributed by atoms with Crippen molar-refractivity contribution in [3.8, 4) is 0 Å². The van der Waals surface area contributed by atoms with E-state index in [0.717, 1.165) is 28.9 Å². The van der Waals surface area contributed by atoms with Gasteiger partial charge >= 0.3 is 6.18 Å². The number of sulfonamides is 1. The van der Waals surface area contributed by atoms with E-state index >= 15 is 0 Å². The molecule has 0 saturated carbocycles. The summed E-state index contributed by atoms with van der Waals surface area (Å²) in [6, 6.07) is 10.7. The van der Waals surface area contributed by atoms with Crippen molar-refractivity contribution in [3.63, 3.8) is 0 Å². The molecule has 33 heavy (non-hydrogen) atoms. The number of hydrogen-bond donors (Lipinski definition) is 0. The van der Waals surface area contributed by atoms with Gasteiger partial charge in [-0.15, -0.1) is 0 Å². The quantitative estimate of drug-likeness (QED) is 0.673. The van der Waals surface area contributed by atoms with Gasteiger partial charge in [-0.25, -0.2) is 8.42 Å². The van der Waals surface area contributed by atoms with Crippen molar-refractivity contribution in [3.05, 3.63) is 59.7 Å². The molecule has 0 unspecified atom stereocenters. The van der Waals surface area contributed by atoms with Crippen LogP contribution in [-0.4, -0.2) is 62.2 Å². The smallest absolute Gasteiger partial charge is 0.336 e. The van der Waals surface area contributed by atoms with Gasteiger partial charge in [0.15, 0.2) is 0 Å². The minimum atomic E-state index is -4.80. The molecule has 11 heteroatoms.